The Bertz CT molecular complexity index is 339. The van der Waals surface area contributed by atoms with Gasteiger partial charge in [-0.3, -0.25) is 0 Å². The molecule has 1 unspecified atom stereocenters. The summed E-state index contributed by atoms with van der Waals surface area (Å²) in [4.78, 5) is 0. The Morgan fingerprint density at radius 2 is 2.00 bits per heavy atom. The van der Waals surface area contributed by atoms with Gasteiger partial charge in [0, 0.05) is 16.1 Å². The van der Waals surface area contributed by atoms with E-state index in [0.717, 1.165) is 19.4 Å². The molecule has 1 aromatic rings. The quantitative estimate of drug-likeness (QED) is 0.875. The largest absolute Gasteiger partial charge is 0.314 e. The summed E-state index contributed by atoms with van der Waals surface area (Å²) in [6.45, 7) is 0.949. The molecule has 0 bridgehead atoms. The van der Waals surface area contributed by atoms with Gasteiger partial charge < -0.3 is 5.32 Å². The number of benzene rings is 1. The van der Waals surface area contributed by atoms with Crippen molar-refractivity contribution < 1.29 is 8.78 Å². The number of hydrogen-bond acceptors (Lipinski definition) is 1. The lowest BCUT2D eigenvalue weighted by Crippen LogP contribution is -2.24. The fraction of sp³-hybridized carbons (Fsp3) is 0.455. The van der Waals surface area contributed by atoms with Crippen molar-refractivity contribution in [3.8, 4) is 0 Å². The summed E-state index contributed by atoms with van der Waals surface area (Å²) in [7, 11) is 0. The highest BCUT2D eigenvalue weighted by Gasteiger charge is 2.19. The monoisotopic (exact) mass is 275 g/mol. The van der Waals surface area contributed by atoms with E-state index in [-0.39, 0.29) is 11.6 Å². The first-order valence-electron chi connectivity index (χ1n) is 5.03. The molecule has 2 rings (SSSR count). The Morgan fingerprint density at radius 1 is 1.33 bits per heavy atom. The van der Waals surface area contributed by atoms with E-state index >= 15 is 0 Å². The standard InChI is InChI=1S/C11H12BrF2N/c12-7-4-10(13)9(11(14)5-7)6-8-2-1-3-15-8/h4-5,8,15H,1-3,6H2. The second-order valence-corrected chi connectivity index (χ2v) is 4.76. The van der Waals surface area contributed by atoms with Gasteiger partial charge in [-0.25, -0.2) is 8.78 Å². The van der Waals surface area contributed by atoms with E-state index in [9.17, 15) is 8.78 Å². The molecule has 1 aliphatic rings. The average Bonchev–Trinajstić information content (AvgIpc) is 2.63. The van der Waals surface area contributed by atoms with Crippen molar-refractivity contribution in [3.05, 3.63) is 33.8 Å². The van der Waals surface area contributed by atoms with E-state index in [1.54, 1.807) is 0 Å². The summed E-state index contributed by atoms with van der Waals surface area (Å²) in [6, 6.07) is 2.84. The Balaban J connectivity index is 2.19. The molecule has 1 atom stereocenters. The Hall–Kier alpha value is -0.480. The maximum atomic E-state index is 13.5. The SMILES string of the molecule is Fc1cc(Br)cc(F)c1CC1CCCN1. The van der Waals surface area contributed by atoms with Crippen molar-refractivity contribution >= 4 is 15.9 Å². The lowest BCUT2D eigenvalue weighted by Gasteiger charge is -2.11. The summed E-state index contributed by atoms with van der Waals surface area (Å²) >= 11 is 3.06. The molecule has 1 aliphatic heterocycles. The first-order chi connectivity index (χ1) is 7.16. The van der Waals surface area contributed by atoms with Crippen LogP contribution >= 0.6 is 15.9 Å². The third-order valence-corrected chi connectivity index (χ3v) is 3.18. The minimum atomic E-state index is -0.462. The zero-order chi connectivity index (χ0) is 10.8. The molecule has 1 aromatic carbocycles. The molecule has 0 saturated carbocycles. The van der Waals surface area contributed by atoms with Crippen LogP contribution in [-0.4, -0.2) is 12.6 Å². The van der Waals surface area contributed by atoms with E-state index < -0.39 is 11.6 Å². The van der Waals surface area contributed by atoms with Gasteiger partial charge in [0.15, 0.2) is 0 Å². The first kappa shape index (κ1) is 11.0. The highest BCUT2D eigenvalue weighted by molar-refractivity contribution is 9.10. The van der Waals surface area contributed by atoms with Gasteiger partial charge in [-0.15, -0.1) is 0 Å². The third-order valence-electron chi connectivity index (χ3n) is 2.72. The van der Waals surface area contributed by atoms with Crippen molar-refractivity contribution in [1.29, 1.82) is 0 Å². The first-order valence-corrected chi connectivity index (χ1v) is 5.83. The zero-order valence-corrected chi connectivity index (χ0v) is 9.78. The normalized spacial score (nSPS) is 20.9. The summed E-state index contributed by atoms with van der Waals surface area (Å²) < 4.78 is 27.4. The van der Waals surface area contributed by atoms with E-state index in [0.29, 0.717) is 10.9 Å². The van der Waals surface area contributed by atoms with Gasteiger partial charge in [0.05, 0.1) is 0 Å². The molecule has 1 heterocycles. The van der Waals surface area contributed by atoms with E-state index in [2.05, 4.69) is 21.2 Å². The third kappa shape index (κ3) is 2.55. The van der Waals surface area contributed by atoms with Crippen LogP contribution < -0.4 is 5.32 Å². The minimum Gasteiger partial charge on any atom is -0.314 e. The van der Waals surface area contributed by atoms with E-state index in [1.807, 2.05) is 0 Å². The molecule has 1 saturated heterocycles. The van der Waals surface area contributed by atoms with Crippen LogP contribution in [0.5, 0.6) is 0 Å². The number of hydrogen-bond donors (Lipinski definition) is 1. The van der Waals surface area contributed by atoms with Crippen LogP contribution in [-0.2, 0) is 6.42 Å². The topological polar surface area (TPSA) is 12.0 Å². The molecule has 1 fully saturated rings. The van der Waals surface area contributed by atoms with Crippen molar-refractivity contribution in [2.45, 2.75) is 25.3 Å². The molecular weight excluding hydrogens is 264 g/mol. The molecule has 0 aliphatic carbocycles. The Morgan fingerprint density at radius 3 is 2.53 bits per heavy atom. The van der Waals surface area contributed by atoms with Gasteiger partial charge in [-0.05, 0) is 37.9 Å². The molecule has 15 heavy (non-hydrogen) atoms. The molecule has 0 aromatic heterocycles. The van der Waals surface area contributed by atoms with Crippen LogP contribution in [0.25, 0.3) is 0 Å². The van der Waals surface area contributed by atoms with Crippen LogP contribution in [0.3, 0.4) is 0 Å². The number of halogens is 3. The predicted octanol–water partition coefficient (Wildman–Crippen LogP) is 3.02. The molecule has 0 amide bonds. The van der Waals surface area contributed by atoms with Gasteiger partial charge in [0.1, 0.15) is 11.6 Å². The fourth-order valence-electron chi connectivity index (χ4n) is 1.94. The summed E-state index contributed by atoms with van der Waals surface area (Å²) in [5.74, 6) is -0.925. The molecule has 82 valence electrons. The van der Waals surface area contributed by atoms with Crippen molar-refractivity contribution in [1.82, 2.24) is 5.32 Å². The van der Waals surface area contributed by atoms with E-state index in [4.69, 9.17) is 0 Å². The van der Waals surface area contributed by atoms with Crippen LogP contribution in [0.15, 0.2) is 16.6 Å². The lowest BCUT2D eigenvalue weighted by molar-refractivity contribution is 0.518. The second kappa shape index (κ2) is 4.58. The van der Waals surface area contributed by atoms with Gasteiger partial charge in [0.25, 0.3) is 0 Å². The second-order valence-electron chi connectivity index (χ2n) is 3.85. The van der Waals surface area contributed by atoms with Crippen LogP contribution in [0.2, 0.25) is 0 Å². The van der Waals surface area contributed by atoms with Crippen molar-refractivity contribution in [2.75, 3.05) is 6.54 Å². The Kier molecular flexibility index (Phi) is 3.36. The maximum absolute atomic E-state index is 13.5. The molecule has 1 N–H and O–H groups in total. The molecule has 0 radical (unpaired) electrons. The lowest BCUT2D eigenvalue weighted by atomic mass is 10.0. The zero-order valence-electron chi connectivity index (χ0n) is 8.19. The van der Waals surface area contributed by atoms with E-state index in [1.165, 1.54) is 12.1 Å². The fourth-order valence-corrected chi connectivity index (χ4v) is 2.35. The van der Waals surface area contributed by atoms with Crippen LogP contribution in [0.1, 0.15) is 18.4 Å². The van der Waals surface area contributed by atoms with Crippen molar-refractivity contribution in [2.24, 2.45) is 0 Å². The van der Waals surface area contributed by atoms with Crippen molar-refractivity contribution in [3.63, 3.8) is 0 Å². The summed E-state index contributed by atoms with van der Waals surface area (Å²) in [5, 5.41) is 3.23. The van der Waals surface area contributed by atoms with Gasteiger partial charge in [0.2, 0.25) is 0 Å². The Labute approximate surface area is 96.0 Å². The minimum absolute atomic E-state index is 0.192. The van der Waals surface area contributed by atoms with Gasteiger partial charge in [-0.1, -0.05) is 15.9 Å². The highest BCUT2D eigenvalue weighted by atomic mass is 79.9. The van der Waals surface area contributed by atoms with Crippen LogP contribution in [0.4, 0.5) is 8.78 Å². The predicted molar refractivity (Wildman–Crippen MR) is 58.8 cm³/mol. The van der Waals surface area contributed by atoms with Crippen LogP contribution in [0, 0.1) is 11.6 Å². The number of rotatable bonds is 2. The molecule has 4 heteroatoms. The highest BCUT2D eigenvalue weighted by Crippen LogP contribution is 2.22. The van der Waals surface area contributed by atoms with Gasteiger partial charge in [-0.2, -0.15) is 0 Å². The maximum Gasteiger partial charge on any atom is 0.130 e. The molecule has 0 spiro atoms. The van der Waals surface area contributed by atoms with Gasteiger partial charge >= 0.3 is 0 Å². The smallest absolute Gasteiger partial charge is 0.130 e. The summed E-state index contributed by atoms with van der Waals surface area (Å²) in [5.41, 5.74) is 0.192. The summed E-state index contributed by atoms with van der Waals surface area (Å²) in [6.07, 6.45) is 2.52. The number of nitrogens with one attached hydrogen (secondary N) is 1. The average molecular weight is 276 g/mol. The molecule has 1 nitrogen and oxygen atoms in total. The molecular formula is C11H12BrF2N.